The molecule has 2 amide bonds. The van der Waals surface area contributed by atoms with Crippen LogP contribution < -0.4 is 5.32 Å². The molecule has 1 N–H and O–H groups in total. The standard InChI is InChI=1S/C24H29N3O3S/c1-4-11-26(12-5-2)17-20(28)25-23-21(24(29)27-13-15-30-16-14-27)18(3)22(31-23)19-9-7-6-8-10-19/h4-10H,1-2,11-17H2,3H3,(H,25,28). The van der Waals surface area contributed by atoms with Gasteiger partial charge in [-0.3, -0.25) is 14.5 Å². The molecule has 2 aromatic rings. The van der Waals surface area contributed by atoms with E-state index in [0.717, 1.165) is 16.0 Å². The molecule has 1 aliphatic rings. The van der Waals surface area contributed by atoms with E-state index in [4.69, 9.17) is 4.74 Å². The molecule has 0 aliphatic carbocycles. The summed E-state index contributed by atoms with van der Waals surface area (Å²) in [5.41, 5.74) is 2.48. The predicted molar refractivity (Wildman–Crippen MR) is 127 cm³/mol. The Balaban J connectivity index is 1.91. The topological polar surface area (TPSA) is 61.9 Å². The number of nitrogens with zero attached hydrogens (tertiary/aromatic N) is 2. The van der Waals surface area contributed by atoms with Crippen molar-refractivity contribution in [2.75, 3.05) is 51.3 Å². The van der Waals surface area contributed by atoms with E-state index >= 15 is 0 Å². The van der Waals surface area contributed by atoms with Crippen molar-refractivity contribution in [1.29, 1.82) is 0 Å². The Morgan fingerprint density at radius 2 is 1.81 bits per heavy atom. The van der Waals surface area contributed by atoms with E-state index in [9.17, 15) is 9.59 Å². The van der Waals surface area contributed by atoms with Crippen LogP contribution in [0.4, 0.5) is 5.00 Å². The summed E-state index contributed by atoms with van der Waals surface area (Å²) in [5, 5.41) is 3.59. The first-order chi connectivity index (χ1) is 15.0. The van der Waals surface area contributed by atoms with E-state index in [1.54, 1.807) is 17.1 Å². The molecular weight excluding hydrogens is 410 g/mol. The van der Waals surface area contributed by atoms with Crippen LogP contribution in [0.1, 0.15) is 15.9 Å². The van der Waals surface area contributed by atoms with Crippen molar-refractivity contribution in [3.05, 3.63) is 66.8 Å². The van der Waals surface area contributed by atoms with Gasteiger partial charge in [0.25, 0.3) is 5.91 Å². The van der Waals surface area contributed by atoms with Gasteiger partial charge in [0.2, 0.25) is 5.91 Å². The fourth-order valence-corrected chi connectivity index (χ4v) is 4.81. The Morgan fingerprint density at radius 3 is 2.42 bits per heavy atom. The van der Waals surface area contributed by atoms with Crippen molar-refractivity contribution in [2.24, 2.45) is 0 Å². The lowest BCUT2D eigenvalue weighted by Crippen LogP contribution is -2.41. The second-order valence-electron chi connectivity index (χ2n) is 7.35. The maximum Gasteiger partial charge on any atom is 0.257 e. The van der Waals surface area contributed by atoms with Crippen LogP contribution in [-0.4, -0.2) is 67.6 Å². The molecule has 164 valence electrons. The Morgan fingerprint density at radius 1 is 1.16 bits per heavy atom. The van der Waals surface area contributed by atoms with Crippen LogP contribution in [-0.2, 0) is 9.53 Å². The number of thiophene rings is 1. The number of nitrogens with one attached hydrogen (secondary N) is 1. The highest BCUT2D eigenvalue weighted by molar-refractivity contribution is 7.20. The Bertz CT molecular complexity index is 923. The lowest BCUT2D eigenvalue weighted by molar-refractivity contribution is -0.117. The molecule has 31 heavy (non-hydrogen) atoms. The molecule has 0 radical (unpaired) electrons. The number of ether oxygens (including phenoxy) is 1. The average Bonchev–Trinajstić information content (AvgIpc) is 3.10. The second kappa shape index (κ2) is 11.0. The molecule has 0 saturated carbocycles. The molecule has 0 atom stereocenters. The minimum Gasteiger partial charge on any atom is -0.378 e. The third-order valence-electron chi connectivity index (χ3n) is 5.09. The molecule has 1 aliphatic heterocycles. The molecule has 1 aromatic heterocycles. The first-order valence-corrected chi connectivity index (χ1v) is 11.2. The number of morpholine rings is 1. The van der Waals surface area contributed by atoms with Gasteiger partial charge in [-0.05, 0) is 18.1 Å². The third kappa shape index (κ3) is 5.70. The minimum atomic E-state index is -0.166. The van der Waals surface area contributed by atoms with Crippen LogP contribution in [0.3, 0.4) is 0 Å². The first-order valence-electron chi connectivity index (χ1n) is 10.3. The van der Waals surface area contributed by atoms with Crippen molar-refractivity contribution in [1.82, 2.24) is 9.80 Å². The van der Waals surface area contributed by atoms with Gasteiger partial charge in [-0.1, -0.05) is 42.5 Å². The molecule has 6 nitrogen and oxygen atoms in total. The smallest absolute Gasteiger partial charge is 0.257 e. The normalized spacial score (nSPS) is 13.8. The van der Waals surface area contributed by atoms with Crippen molar-refractivity contribution < 1.29 is 14.3 Å². The van der Waals surface area contributed by atoms with Crippen LogP contribution >= 0.6 is 11.3 Å². The van der Waals surface area contributed by atoms with Gasteiger partial charge in [-0.25, -0.2) is 0 Å². The fourth-order valence-electron chi connectivity index (χ4n) is 3.59. The zero-order chi connectivity index (χ0) is 22.2. The summed E-state index contributed by atoms with van der Waals surface area (Å²) in [4.78, 5) is 30.9. The SMILES string of the molecule is C=CCN(CC=C)CC(=O)Nc1sc(-c2ccccc2)c(C)c1C(=O)N1CCOCC1. The molecule has 2 heterocycles. The van der Waals surface area contributed by atoms with Crippen LogP contribution in [0.2, 0.25) is 0 Å². The maximum absolute atomic E-state index is 13.4. The van der Waals surface area contributed by atoms with Crippen molar-refractivity contribution >= 4 is 28.2 Å². The monoisotopic (exact) mass is 439 g/mol. The molecule has 0 spiro atoms. The van der Waals surface area contributed by atoms with Gasteiger partial charge < -0.3 is 15.0 Å². The molecule has 1 fully saturated rings. The fraction of sp³-hybridized carbons (Fsp3) is 0.333. The van der Waals surface area contributed by atoms with Gasteiger partial charge in [0.1, 0.15) is 5.00 Å². The van der Waals surface area contributed by atoms with Crippen molar-refractivity contribution in [2.45, 2.75) is 6.92 Å². The first kappa shape index (κ1) is 22.9. The van der Waals surface area contributed by atoms with E-state index in [1.807, 2.05) is 42.2 Å². The summed E-state index contributed by atoms with van der Waals surface area (Å²) in [6.07, 6.45) is 3.51. The van der Waals surface area contributed by atoms with E-state index in [2.05, 4.69) is 18.5 Å². The lowest BCUT2D eigenvalue weighted by Gasteiger charge is -2.27. The predicted octanol–water partition coefficient (Wildman–Crippen LogP) is 3.81. The number of anilines is 1. The van der Waals surface area contributed by atoms with E-state index in [-0.39, 0.29) is 18.4 Å². The van der Waals surface area contributed by atoms with Crippen LogP contribution in [0, 0.1) is 6.92 Å². The minimum absolute atomic E-state index is 0.0661. The number of rotatable bonds is 9. The number of hydrogen-bond acceptors (Lipinski definition) is 5. The lowest BCUT2D eigenvalue weighted by atomic mass is 10.1. The van der Waals surface area contributed by atoms with Crippen molar-refractivity contribution in [3.63, 3.8) is 0 Å². The van der Waals surface area contributed by atoms with Crippen molar-refractivity contribution in [3.8, 4) is 10.4 Å². The van der Waals surface area contributed by atoms with Gasteiger partial charge in [0.15, 0.2) is 0 Å². The second-order valence-corrected chi connectivity index (χ2v) is 8.37. The quantitative estimate of drug-likeness (QED) is 0.604. The number of hydrogen-bond donors (Lipinski definition) is 1. The molecule has 3 rings (SSSR count). The van der Waals surface area contributed by atoms with Crippen LogP contribution in [0.15, 0.2) is 55.6 Å². The highest BCUT2D eigenvalue weighted by Crippen LogP contribution is 2.40. The maximum atomic E-state index is 13.4. The van der Waals surface area contributed by atoms with Crippen LogP contribution in [0.5, 0.6) is 0 Å². The van der Waals surface area contributed by atoms with E-state index in [0.29, 0.717) is 50.0 Å². The summed E-state index contributed by atoms with van der Waals surface area (Å²) >= 11 is 1.44. The molecule has 1 saturated heterocycles. The summed E-state index contributed by atoms with van der Waals surface area (Å²) in [7, 11) is 0. The number of carbonyl (C=O) groups excluding carboxylic acids is 2. The summed E-state index contributed by atoms with van der Waals surface area (Å²) in [6.45, 7) is 13.0. The van der Waals surface area contributed by atoms with Gasteiger partial charge >= 0.3 is 0 Å². The molecule has 7 heteroatoms. The number of amides is 2. The largest absolute Gasteiger partial charge is 0.378 e. The molecule has 0 unspecified atom stereocenters. The van der Waals surface area contributed by atoms with E-state index in [1.165, 1.54) is 11.3 Å². The highest BCUT2D eigenvalue weighted by atomic mass is 32.1. The summed E-state index contributed by atoms with van der Waals surface area (Å²) < 4.78 is 5.39. The number of benzene rings is 1. The zero-order valence-electron chi connectivity index (χ0n) is 17.9. The highest BCUT2D eigenvalue weighted by Gasteiger charge is 2.28. The van der Waals surface area contributed by atoms with Gasteiger partial charge in [-0.15, -0.1) is 24.5 Å². The van der Waals surface area contributed by atoms with E-state index < -0.39 is 0 Å². The third-order valence-corrected chi connectivity index (χ3v) is 6.35. The summed E-state index contributed by atoms with van der Waals surface area (Å²) in [6, 6.07) is 9.94. The van der Waals surface area contributed by atoms with Gasteiger partial charge in [-0.2, -0.15) is 0 Å². The Kier molecular flexibility index (Phi) is 8.17. The summed E-state index contributed by atoms with van der Waals surface area (Å²) in [5.74, 6) is -0.232. The zero-order valence-corrected chi connectivity index (χ0v) is 18.7. The van der Waals surface area contributed by atoms with Crippen LogP contribution in [0.25, 0.3) is 10.4 Å². The van der Waals surface area contributed by atoms with Gasteiger partial charge in [0, 0.05) is 31.1 Å². The molecule has 0 bridgehead atoms. The molecular formula is C24H29N3O3S. The Labute approximate surface area is 187 Å². The average molecular weight is 440 g/mol. The number of carbonyl (C=O) groups is 2. The Hall–Kier alpha value is -2.74. The van der Waals surface area contributed by atoms with Gasteiger partial charge in [0.05, 0.1) is 25.3 Å². The molecule has 1 aromatic carbocycles.